The molecule has 16 heavy (non-hydrogen) atoms. The largest absolute Gasteiger partial charge is 0.281 e. The van der Waals surface area contributed by atoms with Crippen LogP contribution in [0.5, 0.6) is 0 Å². The standard InChI is InChI=1S/C15H11N/c1-2-16-15-13-9-5-3-7-11(13)12-8-4-6-10-14(12)15/h3-10H,1H3. The average Bonchev–Trinajstić information content (AvgIpc) is 2.66. The SMILES string of the molecule is CC#[N+][c-]1c2ccccc2c2ccccc21. The summed E-state index contributed by atoms with van der Waals surface area (Å²) in [6.45, 7) is 1.83. The Bertz CT molecular complexity index is 670. The molecule has 0 aliphatic rings. The van der Waals surface area contributed by atoms with Gasteiger partial charge in [-0.05, 0) is 10.8 Å². The lowest BCUT2D eigenvalue weighted by Gasteiger charge is -1.93. The predicted octanol–water partition coefficient (Wildman–Crippen LogP) is 4.70. The Hall–Kier alpha value is -2.20. The number of hydrogen-bond donors (Lipinski definition) is 0. The van der Waals surface area contributed by atoms with Crippen molar-refractivity contribution in [3.63, 3.8) is 0 Å². The molecular weight excluding hydrogens is 194 g/mol. The lowest BCUT2D eigenvalue weighted by molar-refractivity contribution is 1.83. The van der Waals surface area contributed by atoms with Crippen LogP contribution in [0.15, 0.2) is 48.5 Å². The van der Waals surface area contributed by atoms with Gasteiger partial charge in [-0.3, -0.25) is 0 Å². The monoisotopic (exact) mass is 205 g/mol. The highest BCUT2D eigenvalue weighted by molar-refractivity contribution is 6.22. The molecule has 0 aliphatic carbocycles. The molecule has 0 atom stereocenters. The fourth-order valence-corrected chi connectivity index (χ4v) is 2.23. The molecule has 0 amide bonds. The topological polar surface area (TPSA) is 4.36 Å². The molecule has 3 rings (SSSR count). The van der Waals surface area contributed by atoms with Gasteiger partial charge in [0, 0.05) is 6.92 Å². The van der Waals surface area contributed by atoms with E-state index in [2.05, 4.69) is 59.4 Å². The van der Waals surface area contributed by atoms with E-state index >= 15 is 0 Å². The van der Waals surface area contributed by atoms with Crippen LogP contribution in [0.1, 0.15) is 6.92 Å². The zero-order valence-electron chi connectivity index (χ0n) is 9.07. The van der Waals surface area contributed by atoms with Gasteiger partial charge in [-0.15, -0.1) is 17.0 Å². The first kappa shape index (κ1) is 9.06. The fourth-order valence-electron chi connectivity index (χ4n) is 2.23. The maximum absolute atomic E-state index is 4.37. The second kappa shape index (κ2) is 3.43. The van der Waals surface area contributed by atoms with Crippen molar-refractivity contribution < 1.29 is 0 Å². The molecule has 0 fully saturated rings. The highest BCUT2D eigenvalue weighted by Crippen LogP contribution is 2.39. The van der Waals surface area contributed by atoms with Gasteiger partial charge in [0.25, 0.3) is 5.69 Å². The summed E-state index contributed by atoms with van der Waals surface area (Å²) in [6, 6.07) is 19.6. The smallest absolute Gasteiger partial charge is 0.104 e. The van der Waals surface area contributed by atoms with E-state index in [4.69, 9.17) is 0 Å². The van der Waals surface area contributed by atoms with Crippen molar-refractivity contribution in [3.8, 4) is 6.07 Å². The molecule has 0 heterocycles. The van der Waals surface area contributed by atoms with E-state index in [-0.39, 0.29) is 0 Å². The van der Waals surface area contributed by atoms with Crippen molar-refractivity contribution in [2.45, 2.75) is 6.92 Å². The van der Waals surface area contributed by atoms with Crippen LogP contribution in [0.4, 0.5) is 5.69 Å². The van der Waals surface area contributed by atoms with Crippen molar-refractivity contribution in [3.05, 3.63) is 53.4 Å². The Labute approximate surface area is 94.1 Å². The minimum Gasteiger partial charge on any atom is -0.104 e. The third-order valence-corrected chi connectivity index (χ3v) is 2.88. The molecule has 0 N–H and O–H groups in total. The lowest BCUT2D eigenvalue weighted by atomic mass is 10.2. The van der Waals surface area contributed by atoms with E-state index in [1.807, 2.05) is 6.92 Å². The molecule has 0 saturated heterocycles. The molecule has 0 radical (unpaired) electrons. The highest BCUT2D eigenvalue weighted by atomic mass is 14.7. The molecule has 0 unspecified atom stereocenters. The van der Waals surface area contributed by atoms with E-state index in [1.54, 1.807) is 0 Å². The number of fused-ring (bicyclic) bond motifs is 3. The van der Waals surface area contributed by atoms with Crippen molar-refractivity contribution in [2.75, 3.05) is 0 Å². The summed E-state index contributed by atoms with van der Waals surface area (Å²) in [5.41, 5.74) is 1.04. The van der Waals surface area contributed by atoms with Gasteiger partial charge in [0.2, 0.25) is 6.07 Å². The highest BCUT2D eigenvalue weighted by Gasteiger charge is 2.10. The van der Waals surface area contributed by atoms with E-state index in [0.29, 0.717) is 0 Å². The first-order valence-electron chi connectivity index (χ1n) is 5.35. The Morgan fingerprint density at radius 3 is 1.88 bits per heavy atom. The zero-order chi connectivity index (χ0) is 11.0. The summed E-state index contributed by atoms with van der Waals surface area (Å²) in [5, 5.41) is 4.95. The summed E-state index contributed by atoms with van der Waals surface area (Å²) in [7, 11) is 0. The van der Waals surface area contributed by atoms with Gasteiger partial charge in [0.1, 0.15) is 0 Å². The summed E-state index contributed by atoms with van der Waals surface area (Å²) < 4.78 is 0. The molecule has 0 aliphatic heterocycles. The van der Waals surface area contributed by atoms with Crippen molar-refractivity contribution in [1.82, 2.24) is 0 Å². The molecule has 1 heteroatoms. The van der Waals surface area contributed by atoms with Crippen LogP contribution in [0, 0.1) is 6.07 Å². The minimum absolute atomic E-state index is 1.04. The molecule has 76 valence electrons. The Morgan fingerprint density at radius 2 is 1.38 bits per heavy atom. The van der Waals surface area contributed by atoms with E-state index in [9.17, 15) is 0 Å². The van der Waals surface area contributed by atoms with E-state index < -0.39 is 0 Å². The molecule has 0 bridgehead atoms. The van der Waals surface area contributed by atoms with Crippen molar-refractivity contribution >= 4 is 27.2 Å². The first-order chi connectivity index (χ1) is 7.92. The average molecular weight is 205 g/mol. The molecule has 0 aromatic heterocycles. The summed E-state index contributed by atoms with van der Waals surface area (Å²) in [5.74, 6) is 0. The molecule has 3 aromatic carbocycles. The van der Waals surface area contributed by atoms with E-state index in [1.165, 1.54) is 21.5 Å². The van der Waals surface area contributed by atoms with Gasteiger partial charge < -0.3 is 0 Å². The van der Waals surface area contributed by atoms with Gasteiger partial charge in [0.05, 0.1) is 0 Å². The fraction of sp³-hybridized carbons (Fsp3) is 0.0667. The maximum Gasteiger partial charge on any atom is 0.281 e. The molecule has 1 nitrogen and oxygen atoms in total. The summed E-state index contributed by atoms with van der Waals surface area (Å²) >= 11 is 0. The Kier molecular flexibility index (Phi) is 1.94. The van der Waals surface area contributed by atoms with Crippen molar-refractivity contribution in [1.29, 1.82) is 0 Å². The third-order valence-electron chi connectivity index (χ3n) is 2.88. The van der Waals surface area contributed by atoms with Crippen LogP contribution >= 0.6 is 0 Å². The zero-order valence-corrected chi connectivity index (χ0v) is 9.07. The maximum atomic E-state index is 4.37. The Morgan fingerprint density at radius 1 is 0.875 bits per heavy atom. The van der Waals surface area contributed by atoms with Gasteiger partial charge in [-0.1, -0.05) is 47.2 Å². The van der Waals surface area contributed by atoms with Crippen LogP contribution in [-0.2, 0) is 0 Å². The number of hydrogen-bond acceptors (Lipinski definition) is 0. The molecule has 0 spiro atoms. The number of benzene rings is 2. The van der Waals surface area contributed by atoms with Gasteiger partial charge in [-0.2, -0.15) is 0 Å². The first-order valence-corrected chi connectivity index (χ1v) is 5.35. The van der Waals surface area contributed by atoms with Gasteiger partial charge in [-0.25, -0.2) is 0 Å². The van der Waals surface area contributed by atoms with Crippen LogP contribution in [0.25, 0.3) is 26.4 Å². The van der Waals surface area contributed by atoms with Crippen LogP contribution in [-0.4, -0.2) is 0 Å². The normalized spacial score (nSPS) is 10.3. The predicted molar refractivity (Wildman–Crippen MR) is 69.6 cm³/mol. The second-order valence-electron chi connectivity index (χ2n) is 3.78. The molecule has 3 aromatic rings. The minimum atomic E-state index is 1.04. The van der Waals surface area contributed by atoms with E-state index in [0.717, 1.165) is 5.69 Å². The van der Waals surface area contributed by atoms with Crippen LogP contribution in [0.3, 0.4) is 0 Å². The summed E-state index contributed by atoms with van der Waals surface area (Å²) in [4.78, 5) is 4.37. The molecule has 0 saturated carbocycles. The van der Waals surface area contributed by atoms with Crippen LogP contribution < -0.4 is 0 Å². The lowest BCUT2D eigenvalue weighted by Crippen LogP contribution is -1.62. The van der Waals surface area contributed by atoms with Gasteiger partial charge in [0.15, 0.2) is 0 Å². The Balaban J connectivity index is 2.62. The van der Waals surface area contributed by atoms with Crippen molar-refractivity contribution in [2.24, 2.45) is 0 Å². The molecular formula is C15H11N. The second-order valence-corrected chi connectivity index (χ2v) is 3.78. The number of rotatable bonds is 0. The third kappa shape index (κ3) is 1.14. The summed E-state index contributed by atoms with van der Waals surface area (Å²) in [6.07, 6.45) is 0. The number of nitrogens with zero attached hydrogens (tertiary/aromatic N) is 1. The quantitative estimate of drug-likeness (QED) is 0.469. The van der Waals surface area contributed by atoms with Crippen LogP contribution in [0.2, 0.25) is 0 Å². The van der Waals surface area contributed by atoms with Gasteiger partial charge >= 0.3 is 0 Å².